The summed E-state index contributed by atoms with van der Waals surface area (Å²) >= 11 is 0. The van der Waals surface area contributed by atoms with Gasteiger partial charge in [0.15, 0.2) is 0 Å². The second-order valence-electron chi connectivity index (χ2n) is 6.43. The van der Waals surface area contributed by atoms with Crippen LogP contribution in [-0.4, -0.2) is 24.8 Å². The molecular formula is C17H35NO. The minimum atomic E-state index is 0.394. The van der Waals surface area contributed by atoms with Crippen molar-refractivity contribution < 1.29 is 4.74 Å². The fourth-order valence-corrected chi connectivity index (χ4v) is 3.34. The molecule has 0 heterocycles. The van der Waals surface area contributed by atoms with E-state index in [-0.39, 0.29) is 0 Å². The van der Waals surface area contributed by atoms with Crippen molar-refractivity contribution in [1.29, 1.82) is 0 Å². The quantitative estimate of drug-likeness (QED) is 0.706. The molecule has 0 radical (unpaired) electrons. The highest BCUT2D eigenvalue weighted by Gasteiger charge is 2.29. The highest BCUT2D eigenvalue weighted by molar-refractivity contribution is 4.81. The number of rotatable bonds is 8. The number of nitrogens with one attached hydrogen (secondary N) is 1. The van der Waals surface area contributed by atoms with Gasteiger partial charge in [0.25, 0.3) is 0 Å². The van der Waals surface area contributed by atoms with Crippen LogP contribution in [-0.2, 0) is 4.74 Å². The SMILES string of the molecule is CCCC(NCC)C(CC)OC1CCC(C)C(C)C1. The summed E-state index contributed by atoms with van der Waals surface area (Å²) in [4.78, 5) is 0. The molecule has 0 aliphatic heterocycles. The Morgan fingerprint density at radius 1 is 1.11 bits per heavy atom. The zero-order valence-corrected chi connectivity index (χ0v) is 13.7. The molecule has 1 rings (SSSR count). The molecule has 2 heteroatoms. The summed E-state index contributed by atoms with van der Waals surface area (Å²) in [5.74, 6) is 1.69. The Morgan fingerprint density at radius 2 is 1.84 bits per heavy atom. The monoisotopic (exact) mass is 269 g/mol. The highest BCUT2D eigenvalue weighted by atomic mass is 16.5. The first-order valence-corrected chi connectivity index (χ1v) is 8.51. The fraction of sp³-hybridized carbons (Fsp3) is 1.00. The fourth-order valence-electron chi connectivity index (χ4n) is 3.34. The standard InChI is InChI=1S/C17H35NO/c1-6-9-16(18-8-3)17(7-2)19-15-11-10-13(4)14(5)12-15/h13-18H,6-12H2,1-5H3. The molecule has 1 aliphatic carbocycles. The van der Waals surface area contributed by atoms with Gasteiger partial charge < -0.3 is 10.1 Å². The van der Waals surface area contributed by atoms with Crippen LogP contribution >= 0.6 is 0 Å². The molecule has 0 aromatic rings. The Morgan fingerprint density at radius 3 is 2.37 bits per heavy atom. The van der Waals surface area contributed by atoms with Crippen LogP contribution in [0.25, 0.3) is 0 Å². The van der Waals surface area contributed by atoms with Gasteiger partial charge in [-0.05, 0) is 50.5 Å². The second kappa shape index (κ2) is 8.97. The minimum Gasteiger partial charge on any atom is -0.373 e. The Kier molecular flexibility index (Phi) is 8.01. The van der Waals surface area contributed by atoms with E-state index in [0.717, 1.165) is 24.8 Å². The van der Waals surface area contributed by atoms with Crippen molar-refractivity contribution in [3.8, 4) is 0 Å². The highest BCUT2D eigenvalue weighted by Crippen LogP contribution is 2.32. The summed E-state index contributed by atoms with van der Waals surface area (Å²) in [6.45, 7) is 12.5. The van der Waals surface area contributed by atoms with Crippen LogP contribution in [0.2, 0.25) is 0 Å². The third kappa shape index (κ3) is 5.43. The maximum atomic E-state index is 6.46. The van der Waals surface area contributed by atoms with E-state index >= 15 is 0 Å². The van der Waals surface area contributed by atoms with Gasteiger partial charge in [0.05, 0.1) is 12.2 Å². The summed E-state index contributed by atoms with van der Waals surface area (Å²) in [5.41, 5.74) is 0. The van der Waals surface area contributed by atoms with Crippen molar-refractivity contribution in [2.45, 2.75) is 91.4 Å². The van der Waals surface area contributed by atoms with Crippen molar-refractivity contribution in [2.75, 3.05) is 6.54 Å². The summed E-state index contributed by atoms with van der Waals surface area (Å²) in [7, 11) is 0. The molecular weight excluding hydrogens is 234 g/mol. The average molecular weight is 269 g/mol. The van der Waals surface area contributed by atoms with E-state index in [1.165, 1.54) is 32.1 Å². The zero-order valence-electron chi connectivity index (χ0n) is 13.7. The predicted molar refractivity (Wildman–Crippen MR) is 83.5 cm³/mol. The largest absolute Gasteiger partial charge is 0.373 e. The topological polar surface area (TPSA) is 21.3 Å². The molecule has 1 fully saturated rings. The maximum absolute atomic E-state index is 6.46. The maximum Gasteiger partial charge on any atom is 0.0729 e. The van der Waals surface area contributed by atoms with Crippen molar-refractivity contribution >= 4 is 0 Å². The molecule has 1 aliphatic rings. The number of ether oxygens (including phenoxy) is 1. The van der Waals surface area contributed by atoms with Crippen LogP contribution in [0.4, 0.5) is 0 Å². The Hall–Kier alpha value is -0.0800. The van der Waals surface area contributed by atoms with Crippen LogP contribution in [0.1, 0.15) is 73.1 Å². The molecule has 5 atom stereocenters. The minimum absolute atomic E-state index is 0.394. The molecule has 1 saturated carbocycles. The molecule has 0 spiro atoms. The first-order valence-electron chi connectivity index (χ1n) is 8.51. The van der Waals surface area contributed by atoms with E-state index < -0.39 is 0 Å². The molecule has 0 aromatic heterocycles. The molecule has 5 unspecified atom stereocenters. The van der Waals surface area contributed by atoms with Gasteiger partial charge in [-0.1, -0.05) is 41.0 Å². The third-order valence-corrected chi connectivity index (χ3v) is 4.83. The molecule has 0 bridgehead atoms. The van der Waals surface area contributed by atoms with Crippen molar-refractivity contribution in [1.82, 2.24) is 5.32 Å². The van der Waals surface area contributed by atoms with E-state index in [4.69, 9.17) is 4.74 Å². The third-order valence-electron chi connectivity index (χ3n) is 4.83. The molecule has 0 aromatic carbocycles. The van der Waals surface area contributed by atoms with Crippen molar-refractivity contribution in [3.05, 3.63) is 0 Å². The van der Waals surface area contributed by atoms with E-state index in [1.807, 2.05) is 0 Å². The Balaban J connectivity index is 2.50. The number of likely N-dealkylation sites (N-methyl/N-ethyl adjacent to an activating group) is 1. The van der Waals surface area contributed by atoms with Gasteiger partial charge in [-0.15, -0.1) is 0 Å². The average Bonchev–Trinajstić information content (AvgIpc) is 2.40. The smallest absolute Gasteiger partial charge is 0.0729 e. The van der Waals surface area contributed by atoms with Gasteiger partial charge in [-0.2, -0.15) is 0 Å². The van der Waals surface area contributed by atoms with E-state index in [1.54, 1.807) is 0 Å². The Labute approximate surface area is 120 Å². The lowest BCUT2D eigenvalue weighted by Crippen LogP contribution is -2.43. The lowest BCUT2D eigenvalue weighted by atomic mass is 9.80. The van der Waals surface area contributed by atoms with E-state index in [2.05, 4.69) is 39.9 Å². The summed E-state index contributed by atoms with van der Waals surface area (Å²) in [5, 5.41) is 3.62. The van der Waals surface area contributed by atoms with E-state index in [0.29, 0.717) is 18.2 Å². The predicted octanol–water partition coefficient (Wildman–Crippen LogP) is 4.38. The van der Waals surface area contributed by atoms with Crippen molar-refractivity contribution in [2.24, 2.45) is 11.8 Å². The van der Waals surface area contributed by atoms with Gasteiger partial charge in [0.1, 0.15) is 0 Å². The first kappa shape index (κ1) is 17.0. The van der Waals surface area contributed by atoms with Crippen molar-refractivity contribution in [3.63, 3.8) is 0 Å². The molecule has 2 nitrogen and oxygen atoms in total. The Bertz CT molecular complexity index is 225. The summed E-state index contributed by atoms with van der Waals surface area (Å²) in [6.07, 6.45) is 8.32. The van der Waals surface area contributed by atoms with Gasteiger partial charge in [-0.3, -0.25) is 0 Å². The van der Waals surface area contributed by atoms with Gasteiger partial charge >= 0.3 is 0 Å². The van der Waals surface area contributed by atoms with Crippen LogP contribution in [0.3, 0.4) is 0 Å². The normalized spacial score (nSPS) is 31.1. The first-order chi connectivity index (χ1) is 9.12. The van der Waals surface area contributed by atoms with Crippen LogP contribution in [0.5, 0.6) is 0 Å². The van der Waals surface area contributed by atoms with Gasteiger partial charge in [0.2, 0.25) is 0 Å². The number of hydrogen-bond donors (Lipinski definition) is 1. The van der Waals surface area contributed by atoms with E-state index in [9.17, 15) is 0 Å². The second-order valence-corrected chi connectivity index (χ2v) is 6.43. The summed E-state index contributed by atoms with van der Waals surface area (Å²) in [6, 6.07) is 0.537. The van der Waals surface area contributed by atoms with Crippen LogP contribution < -0.4 is 5.32 Å². The molecule has 1 N–H and O–H groups in total. The lowest BCUT2D eigenvalue weighted by Gasteiger charge is -2.36. The molecule has 19 heavy (non-hydrogen) atoms. The molecule has 0 amide bonds. The molecule has 114 valence electrons. The van der Waals surface area contributed by atoms with Gasteiger partial charge in [0, 0.05) is 6.04 Å². The van der Waals surface area contributed by atoms with Gasteiger partial charge in [-0.25, -0.2) is 0 Å². The van der Waals surface area contributed by atoms with Crippen LogP contribution in [0, 0.1) is 11.8 Å². The zero-order chi connectivity index (χ0) is 14.3. The van der Waals surface area contributed by atoms with Crippen LogP contribution in [0.15, 0.2) is 0 Å². The summed E-state index contributed by atoms with van der Waals surface area (Å²) < 4.78 is 6.46. The lowest BCUT2D eigenvalue weighted by molar-refractivity contribution is -0.0640. The molecule has 0 saturated heterocycles. The number of hydrogen-bond acceptors (Lipinski definition) is 2.